The molecule has 2 fully saturated rings. The molecule has 1 aliphatic carbocycles. The molecule has 5 N–H and O–H groups in total. The second-order valence-electron chi connectivity index (χ2n) is 5.69. The Morgan fingerprint density at radius 2 is 2.21 bits per heavy atom. The van der Waals surface area contributed by atoms with Crippen molar-refractivity contribution in [3.8, 4) is 0 Å². The minimum absolute atomic E-state index is 0.0944. The third-order valence-electron chi connectivity index (χ3n) is 4.00. The topological polar surface area (TPSA) is 108 Å². The molecule has 0 bridgehead atoms. The van der Waals surface area contributed by atoms with E-state index in [1.165, 1.54) is 0 Å². The third kappa shape index (κ3) is 3.23. The number of aliphatic hydroxyl groups is 1. The first kappa shape index (κ1) is 14.2. The summed E-state index contributed by atoms with van der Waals surface area (Å²) < 4.78 is 0. The first-order valence-corrected chi connectivity index (χ1v) is 6.59. The zero-order chi connectivity index (χ0) is 14.0. The number of carbonyl (C=O) groups is 2. The van der Waals surface area contributed by atoms with Gasteiger partial charge in [-0.2, -0.15) is 0 Å². The van der Waals surface area contributed by atoms with E-state index in [2.05, 4.69) is 15.5 Å². The molecule has 1 heterocycles. The molecule has 0 aromatic carbocycles. The van der Waals surface area contributed by atoms with E-state index in [0.29, 0.717) is 0 Å². The molecular weight excluding hydrogens is 248 g/mol. The van der Waals surface area contributed by atoms with Gasteiger partial charge in [-0.25, -0.2) is 0 Å². The van der Waals surface area contributed by atoms with Crippen molar-refractivity contribution in [3.05, 3.63) is 0 Å². The van der Waals surface area contributed by atoms with Crippen LogP contribution in [0.2, 0.25) is 0 Å². The van der Waals surface area contributed by atoms with Crippen molar-refractivity contribution in [2.75, 3.05) is 33.3 Å². The van der Waals surface area contributed by atoms with Crippen LogP contribution in [-0.4, -0.2) is 67.2 Å². The molecule has 1 aliphatic heterocycles. The van der Waals surface area contributed by atoms with Crippen molar-refractivity contribution in [2.45, 2.75) is 24.9 Å². The lowest BCUT2D eigenvalue weighted by Crippen LogP contribution is -2.49. The molecule has 2 aliphatic rings. The lowest BCUT2D eigenvalue weighted by molar-refractivity contribution is -0.127. The second-order valence-corrected chi connectivity index (χ2v) is 5.69. The van der Waals surface area contributed by atoms with Gasteiger partial charge in [0.2, 0.25) is 11.8 Å². The van der Waals surface area contributed by atoms with Gasteiger partial charge in [0.05, 0.1) is 13.2 Å². The van der Waals surface area contributed by atoms with Crippen LogP contribution in [0.3, 0.4) is 0 Å². The van der Waals surface area contributed by atoms with Crippen LogP contribution < -0.4 is 16.4 Å². The second kappa shape index (κ2) is 5.44. The molecule has 0 unspecified atom stereocenters. The fourth-order valence-corrected chi connectivity index (χ4v) is 2.71. The molecule has 0 radical (unpaired) electrons. The van der Waals surface area contributed by atoms with Gasteiger partial charge >= 0.3 is 0 Å². The zero-order valence-electron chi connectivity index (χ0n) is 11.2. The number of nitrogens with two attached hydrogens (primary N) is 1. The zero-order valence-corrected chi connectivity index (χ0v) is 11.2. The molecule has 1 saturated carbocycles. The Bertz CT molecular complexity index is 370. The summed E-state index contributed by atoms with van der Waals surface area (Å²) in [5.74, 6) is -0.715. The van der Waals surface area contributed by atoms with E-state index < -0.39 is 18.6 Å². The number of likely N-dealkylation sites (tertiary alicyclic amines) is 1. The summed E-state index contributed by atoms with van der Waals surface area (Å²) in [5, 5.41) is 14.1. The first-order valence-electron chi connectivity index (χ1n) is 6.59. The van der Waals surface area contributed by atoms with Gasteiger partial charge in [0.15, 0.2) is 0 Å². The molecule has 2 rings (SSSR count). The standard InChI is InChI=1S/C12H22N4O3/c1-16-5-9(12(7-16)2-3-12)15-10(18)4-14-11(19)8(13)6-17/h8-9,17H,2-7,13H2,1H3,(H,14,19)(H,15,18)/t8-,9-/m0/s1. The van der Waals surface area contributed by atoms with Crippen molar-refractivity contribution in [1.82, 2.24) is 15.5 Å². The number of amides is 2. The van der Waals surface area contributed by atoms with E-state index in [0.717, 1.165) is 25.9 Å². The van der Waals surface area contributed by atoms with E-state index in [1.807, 2.05) is 7.05 Å². The smallest absolute Gasteiger partial charge is 0.239 e. The minimum Gasteiger partial charge on any atom is -0.394 e. The van der Waals surface area contributed by atoms with Crippen LogP contribution in [0, 0.1) is 5.41 Å². The Hall–Kier alpha value is -1.18. The van der Waals surface area contributed by atoms with Gasteiger partial charge in [-0.3, -0.25) is 9.59 Å². The molecule has 0 aromatic heterocycles. The van der Waals surface area contributed by atoms with Gasteiger partial charge < -0.3 is 26.4 Å². The van der Waals surface area contributed by atoms with Gasteiger partial charge in [-0.1, -0.05) is 0 Å². The van der Waals surface area contributed by atoms with Crippen LogP contribution >= 0.6 is 0 Å². The van der Waals surface area contributed by atoms with Crippen LogP contribution in [0.5, 0.6) is 0 Å². The van der Waals surface area contributed by atoms with Gasteiger partial charge in [0.25, 0.3) is 0 Å². The highest BCUT2D eigenvalue weighted by molar-refractivity contribution is 5.87. The quantitative estimate of drug-likeness (QED) is 0.447. The molecule has 1 spiro atoms. The maximum Gasteiger partial charge on any atom is 0.239 e. The number of hydrogen-bond acceptors (Lipinski definition) is 5. The summed E-state index contributed by atoms with van der Waals surface area (Å²) >= 11 is 0. The Labute approximate surface area is 112 Å². The first-order chi connectivity index (χ1) is 8.97. The van der Waals surface area contributed by atoms with E-state index in [9.17, 15) is 9.59 Å². The maximum atomic E-state index is 11.8. The molecule has 7 heteroatoms. The van der Waals surface area contributed by atoms with Crippen LogP contribution in [0.15, 0.2) is 0 Å². The van der Waals surface area contributed by atoms with Crippen molar-refractivity contribution in [3.63, 3.8) is 0 Å². The highest BCUT2D eigenvalue weighted by atomic mass is 16.3. The predicted octanol–water partition coefficient (Wildman–Crippen LogP) is -2.37. The monoisotopic (exact) mass is 270 g/mol. The number of nitrogens with one attached hydrogen (secondary N) is 2. The summed E-state index contributed by atoms with van der Waals surface area (Å²) in [6.45, 7) is 1.36. The van der Waals surface area contributed by atoms with Gasteiger partial charge in [-0.05, 0) is 19.9 Å². The predicted molar refractivity (Wildman–Crippen MR) is 69.2 cm³/mol. The van der Waals surface area contributed by atoms with E-state index in [4.69, 9.17) is 10.8 Å². The van der Waals surface area contributed by atoms with Crippen LogP contribution in [-0.2, 0) is 9.59 Å². The Morgan fingerprint density at radius 3 is 2.79 bits per heavy atom. The number of likely N-dealkylation sites (N-methyl/N-ethyl adjacent to an activating group) is 1. The van der Waals surface area contributed by atoms with Crippen molar-refractivity contribution in [2.24, 2.45) is 11.1 Å². The number of nitrogens with zero attached hydrogens (tertiary/aromatic N) is 1. The van der Waals surface area contributed by atoms with Gasteiger partial charge in [0.1, 0.15) is 6.04 Å². The summed E-state index contributed by atoms with van der Waals surface area (Å²) in [4.78, 5) is 25.3. The maximum absolute atomic E-state index is 11.8. The largest absolute Gasteiger partial charge is 0.394 e. The van der Waals surface area contributed by atoms with E-state index >= 15 is 0 Å². The van der Waals surface area contributed by atoms with E-state index in [1.54, 1.807) is 0 Å². The molecular formula is C12H22N4O3. The average Bonchev–Trinajstić information content (AvgIpc) is 3.07. The molecule has 0 aromatic rings. The van der Waals surface area contributed by atoms with Crippen LogP contribution in [0.4, 0.5) is 0 Å². The van der Waals surface area contributed by atoms with Crippen molar-refractivity contribution in [1.29, 1.82) is 0 Å². The van der Waals surface area contributed by atoms with Gasteiger partial charge in [0, 0.05) is 24.5 Å². The average molecular weight is 270 g/mol. The Kier molecular flexibility index (Phi) is 4.07. The number of hydrogen-bond donors (Lipinski definition) is 4. The molecule has 108 valence electrons. The van der Waals surface area contributed by atoms with Crippen molar-refractivity contribution >= 4 is 11.8 Å². The molecule has 2 atom stereocenters. The molecule has 2 amide bonds. The highest BCUT2D eigenvalue weighted by Crippen LogP contribution is 2.52. The number of rotatable bonds is 5. The molecule has 19 heavy (non-hydrogen) atoms. The van der Waals surface area contributed by atoms with Gasteiger partial charge in [-0.15, -0.1) is 0 Å². The summed E-state index contributed by atoms with van der Waals surface area (Å²) in [6, 6.07) is -0.798. The Morgan fingerprint density at radius 1 is 1.53 bits per heavy atom. The third-order valence-corrected chi connectivity index (χ3v) is 4.00. The fraction of sp³-hybridized carbons (Fsp3) is 0.833. The van der Waals surface area contributed by atoms with Crippen LogP contribution in [0.25, 0.3) is 0 Å². The van der Waals surface area contributed by atoms with E-state index in [-0.39, 0.29) is 23.9 Å². The normalized spacial score (nSPS) is 26.2. The van der Waals surface area contributed by atoms with Crippen LogP contribution in [0.1, 0.15) is 12.8 Å². The SMILES string of the molecule is CN1C[C@H](NC(=O)CNC(=O)[C@@H](N)CO)C2(CC2)C1. The lowest BCUT2D eigenvalue weighted by Gasteiger charge is -2.19. The Balaban J connectivity index is 1.74. The molecule has 7 nitrogen and oxygen atoms in total. The fourth-order valence-electron chi connectivity index (χ4n) is 2.71. The summed E-state index contributed by atoms with van der Waals surface area (Å²) in [7, 11) is 2.05. The summed E-state index contributed by atoms with van der Waals surface area (Å²) in [6.07, 6.45) is 2.31. The number of carbonyl (C=O) groups excluding carboxylic acids is 2. The summed E-state index contributed by atoms with van der Waals surface area (Å²) in [5.41, 5.74) is 5.60. The highest BCUT2D eigenvalue weighted by Gasteiger charge is 2.54. The van der Waals surface area contributed by atoms with Crippen molar-refractivity contribution < 1.29 is 14.7 Å². The molecule has 1 saturated heterocycles. The minimum atomic E-state index is -0.972. The lowest BCUT2D eigenvalue weighted by atomic mass is 10.0. The number of aliphatic hydroxyl groups excluding tert-OH is 1.